The summed E-state index contributed by atoms with van der Waals surface area (Å²) in [6, 6.07) is 6.33. The first-order valence-electron chi connectivity index (χ1n) is 8.68. The van der Waals surface area contributed by atoms with Gasteiger partial charge in [0.1, 0.15) is 5.82 Å². The SMILES string of the molecule is CCC1C(=O)NC(n2nc(C)cc2NC(=O)c2cc(Cl)cc(Cl)c2)NC1C. The fraction of sp³-hybridized carbons (Fsp3) is 0.389. The molecule has 3 unspecified atom stereocenters. The highest BCUT2D eigenvalue weighted by atomic mass is 35.5. The Balaban J connectivity index is 1.84. The van der Waals surface area contributed by atoms with E-state index in [4.69, 9.17) is 23.2 Å². The van der Waals surface area contributed by atoms with E-state index < -0.39 is 6.29 Å². The van der Waals surface area contributed by atoms with Crippen molar-refractivity contribution >= 4 is 40.8 Å². The van der Waals surface area contributed by atoms with E-state index in [2.05, 4.69) is 21.0 Å². The van der Waals surface area contributed by atoms with E-state index in [1.165, 1.54) is 12.1 Å². The lowest BCUT2D eigenvalue weighted by Crippen LogP contribution is -2.57. The predicted molar refractivity (Wildman–Crippen MR) is 105 cm³/mol. The molecule has 1 saturated heterocycles. The van der Waals surface area contributed by atoms with Gasteiger partial charge in [0.15, 0.2) is 6.29 Å². The number of hydrogen-bond donors (Lipinski definition) is 3. The average Bonchev–Trinajstić information content (AvgIpc) is 2.94. The van der Waals surface area contributed by atoms with Crippen LogP contribution in [-0.4, -0.2) is 27.6 Å². The van der Waals surface area contributed by atoms with Gasteiger partial charge in [0, 0.05) is 27.7 Å². The Morgan fingerprint density at radius 3 is 2.52 bits per heavy atom. The minimum atomic E-state index is -0.553. The van der Waals surface area contributed by atoms with Gasteiger partial charge in [0.2, 0.25) is 5.91 Å². The summed E-state index contributed by atoms with van der Waals surface area (Å²) in [7, 11) is 0. The Labute approximate surface area is 167 Å². The Bertz CT molecular complexity index is 862. The third kappa shape index (κ3) is 4.26. The molecule has 3 rings (SSSR count). The predicted octanol–water partition coefficient (Wildman–Crippen LogP) is 3.34. The molecule has 1 aliphatic heterocycles. The zero-order chi connectivity index (χ0) is 19.7. The Hall–Kier alpha value is -2.09. The number of hydrogen-bond acceptors (Lipinski definition) is 4. The quantitative estimate of drug-likeness (QED) is 0.722. The lowest BCUT2D eigenvalue weighted by molar-refractivity contribution is -0.130. The van der Waals surface area contributed by atoms with Gasteiger partial charge in [0.05, 0.1) is 11.6 Å². The molecule has 2 heterocycles. The first-order valence-corrected chi connectivity index (χ1v) is 9.44. The van der Waals surface area contributed by atoms with Crippen LogP contribution in [0.1, 0.15) is 42.6 Å². The first kappa shape index (κ1) is 19.7. The molecule has 7 nitrogen and oxygen atoms in total. The molecule has 1 fully saturated rings. The maximum absolute atomic E-state index is 12.6. The van der Waals surface area contributed by atoms with Crippen molar-refractivity contribution in [2.24, 2.45) is 5.92 Å². The molecule has 2 aromatic rings. The number of nitrogens with zero attached hydrogens (tertiary/aromatic N) is 2. The van der Waals surface area contributed by atoms with Crippen molar-refractivity contribution in [3.05, 3.63) is 45.6 Å². The van der Waals surface area contributed by atoms with E-state index in [1.54, 1.807) is 16.8 Å². The number of aromatic nitrogens is 2. The topological polar surface area (TPSA) is 88.1 Å². The standard InChI is InChI=1S/C18H21Cl2N5O2/c1-4-14-10(3)21-18(23-17(14)27)25-15(5-9(2)24-25)22-16(26)11-6-12(19)8-13(20)7-11/h5-8,10,14,18,21H,4H2,1-3H3,(H,22,26)(H,23,27). The van der Waals surface area contributed by atoms with Gasteiger partial charge in [-0.25, -0.2) is 4.68 Å². The van der Waals surface area contributed by atoms with Crippen LogP contribution in [0.25, 0.3) is 0 Å². The van der Waals surface area contributed by atoms with Crippen molar-refractivity contribution in [1.29, 1.82) is 0 Å². The van der Waals surface area contributed by atoms with Crippen LogP contribution in [0.2, 0.25) is 10.0 Å². The van der Waals surface area contributed by atoms with Gasteiger partial charge in [-0.15, -0.1) is 0 Å². The second-order valence-electron chi connectivity index (χ2n) is 6.61. The van der Waals surface area contributed by atoms with Crippen LogP contribution in [0.15, 0.2) is 24.3 Å². The second kappa shape index (κ2) is 7.88. The van der Waals surface area contributed by atoms with Crippen molar-refractivity contribution < 1.29 is 9.59 Å². The maximum Gasteiger partial charge on any atom is 0.256 e. The van der Waals surface area contributed by atoms with E-state index in [0.717, 1.165) is 6.42 Å². The van der Waals surface area contributed by atoms with Gasteiger partial charge in [-0.2, -0.15) is 5.10 Å². The normalized spacial score (nSPS) is 22.4. The van der Waals surface area contributed by atoms with Crippen molar-refractivity contribution in [2.45, 2.75) is 39.5 Å². The fourth-order valence-corrected chi connectivity index (χ4v) is 3.75. The molecule has 0 spiro atoms. The van der Waals surface area contributed by atoms with E-state index in [-0.39, 0.29) is 23.8 Å². The maximum atomic E-state index is 12.6. The molecule has 3 N–H and O–H groups in total. The summed E-state index contributed by atoms with van der Waals surface area (Å²) in [6.07, 6.45) is 0.187. The summed E-state index contributed by atoms with van der Waals surface area (Å²) in [6.45, 7) is 5.75. The van der Waals surface area contributed by atoms with E-state index in [1.807, 2.05) is 20.8 Å². The number of halogens is 2. The van der Waals surface area contributed by atoms with E-state index in [0.29, 0.717) is 27.1 Å². The van der Waals surface area contributed by atoms with Crippen molar-refractivity contribution in [3.63, 3.8) is 0 Å². The first-order chi connectivity index (χ1) is 12.8. The van der Waals surface area contributed by atoms with Crippen LogP contribution in [0, 0.1) is 12.8 Å². The lowest BCUT2D eigenvalue weighted by atomic mass is 9.95. The number of carbonyl (C=O) groups excluding carboxylic acids is 2. The third-order valence-corrected chi connectivity index (χ3v) is 4.99. The van der Waals surface area contributed by atoms with Crippen molar-refractivity contribution in [3.8, 4) is 0 Å². The number of carbonyl (C=O) groups is 2. The van der Waals surface area contributed by atoms with Gasteiger partial charge in [-0.1, -0.05) is 30.1 Å². The molecule has 3 atom stereocenters. The molecule has 1 aliphatic rings. The van der Waals surface area contributed by atoms with Crippen LogP contribution in [0.5, 0.6) is 0 Å². The van der Waals surface area contributed by atoms with Gasteiger partial charge in [0.25, 0.3) is 5.91 Å². The van der Waals surface area contributed by atoms with Crippen LogP contribution in [0.3, 0.4) is 0 Å². The van der Waals surface area contributed by atoms with Crippen LogP contribution < -0.4 is 16.0 Å². The van der Waals surface area contributed by atoms with Gasteiger partial charge >= 0.3 is 0 Å². The van der Waals surface area contributed by atoms with Gasteiger partial charge in [-0.3, -0.25) is 14.9 Å². The zero-order valence-electron chi connectivity index (χ0n) is 15.2. The summed E-state index contributed by atoms with van der Waals surface area (Å²) >= 11 is 11.9. The van der Waals surface area contributed by atoms with E-state index in [9.17, 15) is 9.59 Å². The molecule has 0 radical (unpaired) electrons. The van der Waals surface area contributed by atoms with Crippen LogP contribution in [0.4, 0.5) is 5.82 Å². The number of benzene rings is 1. The smallest absolute Gasteiger partial charge is 0.256 e. The molecule has 1 aromatic carbocycles. The Morgan fingerprint density at radius 1 is 1.26 bits per heavy atom. The number of anilines is 1. The number of amides is 2. The monoisotopic (exact) mass is 409 g/mol. The minimum absolute atomic E-state index is 0.0199. The fourth-order valence-electron chi connectivity index (χ4n) is 3.23. The molecule has 9 heteroatoms. The summed E-state index contributed by atoms with van der Waals surface area (Å²) < 4.78 is 1.56. The molecule has 2 amide bonds. The molecule has 27 heavy (non-hydrogen) atoms. The van der Waals surface area contributed by atoms with Gasteiger partial charge < -0.3 is 10.6 Å². The minimum Gasteiger partial charge on any atom is -0.322 e. The van der Waals surface area contributed by atoms with Crippen molar-refractivity contribution in [2.75, 3.05) is 5.32 Å². The highest BCUT2D eigenvalue weighted by Gasteiger charge is 2.34. The largest absolute Gasteiger partial charge is 0.322 e. The van der Waals surface area contributed by atoms with Crippen LogP contribution in [-0.2, 0) is 4.79 Å². The summed E-state index contributed by atoms with van der Waals surface area (Å²) in [5, 5.41) is 14.2. The molecule has 0 bridgehead atoms. The zero-order valence-corrected chi connectivity index (χ0v) is 16.7. The Kier molecular flexibility index (Phi) is 5.74. The number of aryl methyl sites for hydroxylation is 1. The highest BCUT2D eigenvalue weighted by Crippen LogP contribution is 2.23. The van der Waals surface area contributed by atoms with Crippen molar-refractivity contribution in [1.82, 2.24) is 20.4 Å². The molecule has 0 saturated carbocycles. The molecule has 0 aliphatic carbocycles. The summed E-state index contributed by atoms with van der Waals surface area (Å²) in [5.74, 6) is -0.0685. The van der Waals surface area contributed by atoms with E-state index >= 15 is 0 Å². The van der Waals surface area contributed by atoms with Gasteiger partial charge in [-0.05, 0) is 38.5 Å². The lowest BCUT2D eigenvalue weighted by Gasteiger charge is -2.35. The number of rotatable bonds is 4. The summed E-state index contributed by atoms with van der Waals surface area (Å²) in [4.78, 5) is 25.0. The Morgan fingerprint density at radius 2 is 1.93 bits per heavy atom. The average molecular weight is 410 g/mol. The highest BCUT2D eigenvalue weighted by molar-refractivity contribution is 6.35. The summed E-state index contributed by atoms with van der Waals surface area (Å²) in [5.41, 5.74) is 1.04. The third-order valence-electron chi connectivity index (χ3n) is 4.55. The second-order valence-corrected chi connectivity index (χ2v) is 7.48. The molecule has 144 valence electrons. The molecule has 1 aromatic heterocycles. The molecular weight excluding hydrogens is 389 g/mol. The number of nitrogens with one attached hydrogen (secondary N) is 3. The van der Waals surface area contributed by atoms with Crippen LogP contribution >= 0.6 is 23.2 Å². The molecular formula is C18H21Cl2N5O2.